The van der Waals surface area contributed by atoms with Gasteiger partial charge in [-0.25, -0.2) is 8.78 Å². The fourth-order valence-corrected chi connectivity index (χ4v) is 2.11. The summed E-state index contributed by atoms with van der Waals surface area (Å²) in [5.74, 6) is 4.39. The average Bonchev–Trinajstić information content (AvgIpc) is 2.36. The topological polar surface area (TPSA) is 38.0 Å². The quantitative estimate of drug-likeness (QED) is 0.311. The molecule has 0 amide bonds. The standard InChI is InChI=1S/C15H22F2N2/c1-2-3-4-5-6-7-15(19-18)10-12-8-13(16)11-14(17)9-12/h2,8-9,11,15,19H,1,3-7,10,18H2. The predicted molar refractivity (Wildman–Crippen MR) is 74.5 cm³/mol. The van der Waals surface area contributed by atoms with Crippen molar-refractivity contribution in [3.63, 3.8) is 0 Å². The lowest BCUT2D eigenvalue weighted by Gasteiger charge is -2.16. The van der Waals surface area contributed by atoms with Crippen molar-refractivity contribution < 1.29 is 8.78 Å². The fraction of sp³-hybridized carbons (Fsp3) is 0.467. The zero-order valence-electron chi connectivity index (χ0n) is 11.2. The molecule has 2 nitrogen and oxygen atoms in total. The first-order chi connectivity index (χ1) is 9.15. The summed E-state index contributed by atoms with van der Waals surface area (Å²) >= 11 is 0. The molecule has 0 saturated carbocycles. The lowest BCUT2D eigenvalue weighted by atomic mass is 10.0. The lowest BCUT2D eigenvalue weighted by molar-refractivity contribution is 0.462. The second kappa shape index (κ2) is 8.77. The van der Waals surface area contributed by atoms with Gasteiger partial charge < -0.3 is 0 Å². The van der Waals surface area contributed by atoms with E-state index in [4.69, 9.17) is 5.84 Å². The summed E-state index contributed by atoms with van der Waals surface area (Å²) in [6.07, 6.45) is 7.64. The first-order valence-electron chi connectivity index (χ1n) is 6.67. The highest BCUT2D eigenvalue weighted by atomic mass is 19.1. The van der Waals surface area contributed by atoms with Crippen LogP contribution in [0.1, 0.15) is 37.7 Å². The van der Waals surface area contributed by atoms with E-state index in [0.29, 0.717) is 12.0 Å². The number of unbranched alkanes of at least 4 members (excludes halogenated alkanes) is 3. The van der Waals surface area contributed by atoms with Gasteiger partial charge in [0.1, 0.15) is 11.6 Å². The van der Waals surface area contributed by atoms with Crippen LogP contribution in [-0.4, -0.2) is 6.04 Å². The van der Waals surface area contributed by atoms with Crippen molar-refractivity contribution in [1.82, 2.24) is 5.43 Å². The van der Waals surface area contributed by atoms with Gasteiger partial charge in [0, 0.05) is 12.1 Å². The van der Waals surface area contributed by atoms with Crippen molar-refractivity contribution in [1.29, 1.82) is 0 Å². The minimum absolute atomic E-state index is 0.0462. The summed E-state index contributed by atoms with van der Waals surface area (Å²) in [6, 6.07) is 3.63. The third-order valence-corrected chi connectivity index (χ3v) is 3.10. The molecule has 1 unspecified atom stereocenters. The van der Waals surface area contributed by atoms with Gasteiger partial charge in [0.15, 0.2) is 0 Å². The summed E-state index contributed by atoms with van der Waals surface area (Å²) in [5.41, 5.74) is 3.35. The van der Waals surface area contributed by atoms with Gasteiger partial charge >= 0.3 is 0 Å². The maximum absolute atomic E-state index is 13.1. The van der Waals surface area contributed by atoms with Crippen LogP contribution in [0.5, 0.6) is 0 Å². The molecular formula is C15H22F2N2. The molecule has 106 valence electrons. The van der Waals surface area contributed by atoms with Crippen molar-refractivity contribution in [2.75, 3.05) is 0 Å². The van der Waals surface area contributed by atoms with E-state index in [0.717, 1.165) is 38.2 Å². The van der Waals surface area contributed by atoms with E-state index in [1.807, 2.05) is 6.08 Å². The zero-order chi connectivity index (χ0) is 14.1. The monoisotopic (exact) mass is 268 g/mol. The van der Waals surface area contributed by atoms with Crippen LogP contribution in [0, 0.1) is 11.6 Å². The SMILES string of the molecule is C=CCCCCCC(Cc1cc(F)cc(F)c1)NN. The van der Waals surface area contributed by atoms with Gasteiger partial charge in [-0.15, -0.1) is 6.58 Å². The highest BCUT2D eigenvalue weighted by Crippen LogP contribution is 2.13. The Kier molecular flexibility index (Phi) is 7.30. The molecule has 1 rings (SSSR count). The van der Waals surface area contributed by atoms with Gasteiger partial charge in [-0.1, -0.05) is 18.9 Å². The van der Waals surface area contributed by atoms with Crippen LogP contribution in [-0.2, 0) is 6.42 Å². The second-order valence-corrected chi connectivity index (χ2v) is 4.77. The highest BCUT2D eigenvalue weighted by Gasteiger charge is 2.09. The van der Waals surface area contributed by atoms with Gasteiger partial charge in [-0.2, -0.15) is 0 Å². The Morgan fingerprint density at radius 3 is 2.42 bits per heavy atom. The normalized spacial score (nSPS) is 12.4. The van der Waals surface area contributed by atoms with E-state index in [-0.39, 0.29) is 6.04 Å². The number of halogens is 2. The molecule has 0 saturated heterocycles. The number of hydrazine groups is 1. The third kappa shape index (κ3) is 6.45. The van der Waals surface area contributed by atoms with Crippen LogP contribution < -0.4 is 11.3 Å². The molecule has 4 heteroatoms. The van der Waals surface area contributed by atoms with Crippen molar-refractivity contribution in [3.8, 4) is 0 Å². The number of nitrogens with two attached hydrogens (primary N) is 1. The Bertz CT molecular complexity index is 373. The van der Waals surface area contributed by atoms with E-state index in [2.05, 4.69) is 12.0 Å². The second-order valence-electron chi connectivity index (χ2n) is 4.77. The number of benzene rings is 1. The first kappa shape index (κ1) is 15.8. The molecule has 0 aliphatic carbocycles. The predicted octanol–water partition coefficient (Wildman–Crippen LogP) is 3.48. The Balaban J connectivity index is 2.40. The molecule has 1 aromatic carbocycles. The van der Waals surface area contributed by atoms with E-state index < -0.39 is 11.6 Å². The molecule has 0 spiro atoms. The molecule has 0 fully saturated rings. The molecule has 0 aliphatic heterocycles. The minimum Gasteiger partial charge on any atom is -0.271 e. The molecule has 0 aliphatic rings. The summed E-state index contributed by atoms with van der Waals surface area (Å²) in [7, 11) is 0. The van der Waals surface area contributed by atoms with Gasteiger partial charge in [0.05, 0.1) is 0 Å². The maximum Gasteiger partial charge on any atom is 0.126 e. The molecule has 0 heterocycles. The largest absolute Gasteiger partial charge is 0.271 e. The van der Waals surface area contributed by atoms with E-state index in [9.17, 15) is 8.78 Å². The molecular weight excluding hydrogens is 246 g/mol. The summed E-state index contributed by atoms with van der Waals surface area (Å²) in [4.78, 5) is 0. The molecule has 1 aromatic rings. The molecule has 0 bridgehead atoms. The summed E-state index contributed by atoms with van der Waals surface area (Å²) in [5, 5.41) is 0. The van der Waals surface area contributed by atoms with Crippen molar-refractivity contribution >= 4 is 0 Å². The van der Waals surface area contributed by atoms with Crippen LogP contribution in [0.15, 0.2) is 30.9 Å². The van der Waals surface area contributed by atoms with Crippen LogP contribution in [0.4, 0.5) is 8.78 Å². The molecule has 0 radical (unpaired) electrons. The van der Waals surface area contributed by atoms with Gasteiger partial charge in [0.25, 0.3) is 0 Å². The van der Waals surface area contributed by atoms with Crippen LogP contribution in [0.3, 0.4) is 0 Å². The number of rotatable bonds is 9. The van der Waals surface area contributed by atoms with Gasteiger partial charge in [-0.3, -0.25) is 11.3 Å². The number of allylic oxidation sites excluding steroid dienone is 1. The fourth-order valence-electron chi connectivity index (χ4n) is 2.11. The van der Waals surface area contributed by atoms with E-state index in [1.165, 1.54) is 12.1 Å². The minimum atomic E-state index is -0.545. The summed E-state index contributed by atoms with van der Waals surface area (Å²) in [6.45, 7) is 3.68. The van der Waals surface area contributed by atoms with Crippen LogP contribution >= 0.6 is 0 Å². The molecule has 0 aromatic heterocycles. The van der Waals surface area contributed by atoms with Crippen molar-refractivity contribution in [3.05, 3.63) is 48.1 Å². The average molecular weight is 268 g/mol. The van der Waals surface area contributed by atoms with Gasteiger partial charge in [-0.05, 0) is 43.4 Å². The zero-order valence-corrected chi connectivity index (χ0v) is 11.2. The van der Waals surface area contributed by atoms with Crippen LogP contribution in [0.25, 0.3) is 0 Å². The van der Waals surface area contributed by atoms with Crippen molar-refractivity contribution in [2.45, 2.75) is 44.6 Å². The number of hydrogen-bond acceptors (Lipinski definition) is 2. The smallest absolute Gasteiger partial charge is 0.126 e. The third-order valence-electron chi connectivity index (χ3n) is 3.10. The Morgan fingerprint density at radius 1 is 1.16 bits per heavy atom. The Labute approximate surface area is 113 Å². The molecule has 1 atom stereocenters. The Hall–Kier alpha value is -1.26. The molecule has 19 heavy (non-hydrogen) atoms. The van der Waals surface area contributed by atoms with Crippen molar-refractivity contribution in [2.24, 2.45) is 5.84 Å². The number of hydrogen-bond donors (Lipinski definition) is 2. The maximum atomic E-state index is 13.1. The van der Waals surface area contributed by atoms with E-state index in [1.54, 1.807) is 0 Å². The summed E-state index contributed by atoms with van der Waals surface area (Å²) < 4.78 is 26.1. The first-order valence-corrected chi connectivity index (χ1v) is 6.67. The molecule has 3 N–H and O–H groups in total. The van der Waals surface area contributed by atoms with Crippen LogP contribution in [0.2, 0.25) is 0 Å². The number of nitrogens with one attached hydrogen (secondary N) is 1. The van der Waals surface area contributed by atoms with Gasteiger partial charge in [0.2, 0.25) is 0 Å². The lowest BCUT2D eigenvalue weighted by Crippen LogP contribution is -2.36. The van der Waals surface area contributed by atoms with E-state index >= 15 is 0 Å². The highest BCUT2D eigenvalue weighted by molar-refractivity contribution is 5.18. The Morgan fingerprint density at radius 2 is 1.84 bits per heavy atom.